The molecule has 1 atom stereocenters. The number of nitrogens with one attached hydrogen (secondary N) is 1. The van der Waals surface area contributed by atoms with E-state index in [1.165, 1.54) is 0 Å². The van der Waals surface area contributed by atoms with Crippen molar-refractivity contribution < 1.29 is 4.42 Å². The van der Waals surface area contributed by atoms with Gasteiger partial charge in [-0.05, 0) is 30.7 Å². The van der Waals surface area contributed by atoms with Crippen molar-refractivity contribution in [2.24, 2.45) is 5.73 Å². The van der Waals surface area contributed by atoms with E-state index in [1.54, 1.807) is 6.20 Å². The first-order chi connectivity index (χ1) is 13.2. The van der Waals surface area contributed by atoms with Gasteiger partial charge in [0, 0.05) is 29.9 Å². The van der Waals surface area contributed by atoms with Crippen molar-refractivity contribution in [2.75, 3.05) is 11.9 Å². The first kappa shape index (κ1) is 17.5. The van der Waals surface area contributed by atoms with E-state index in [0.717, 1.165) is 22.4 Å². The lowest BCUT2D eigenvalue weighted by molar-refractivity contribution is 0.601. The molecule has 3 N–H and O–H groups in total. The van der Waals surface area contributed by atoms with Crippen LogP contribution in [-0.4, -0.2) is 22.6 Å². The second-order valence-electron chi connectivity index (χ2n) is 6.34. The number of anilines is 1. The Morgan fingerprint density at radius 1 is 1.15 bits per heavy atom. The number of pyridine rings is 1. The van der Waals surface area contributed by atoms with Crippen LogP contribution in [0.1, 0.15) is 6.92 Å². The molecule has 0 unspecified atom stereocenters. The van der Waals surface area contributed by atoms with E-state index in [9.17, 15) is 0 Å². The van der Waals surface area contributed by atoms with Gasteiger partial charge in [-0.3, -0.25) is 4.98 Å². The SMILES string of the molecule is C[C@@H](CN)Nc1nc2c(-c3ccccc3)c(Cl)cc(-c3ccccn3)c2o1. The Balaban J connectivity index is 1.98. The van der Waals surface area contributed by atoms with Crippen LogP contribution < -0.4 is 11.1 Å². The molecular formula is C21H19ClN4O. The highest BCUT2D eigenvalue weighted by molar-refractivity contribution is 6.35. The third-order valence-corrected chi connectivity index (χ3v) is 4.64. The summed E-state index contributed by atoms with van der Waals surface area (Å²) < 4.78 is 6.07. The molecule has 0 radical (unpaired) electrons. The molecule has 0 fully saturated rings. The molecule has 4 aromatic rings. The van der Waals surface area contributed by atoms with Crippen LogP contribution in [0.2, 0.25) is 5.02 Å². The fourth-order valence-corrected chi connectivity index (χ4v) is 3.28. The molecule has 6 heteroatoms. The first-order valence-electron chi connectivity index (χ1n) is 8.74. The summed E-state index contributed by atoms with van der Waals surface area (Å²) in [4.78, 5) is 9.12. The molecule has 0 saturated heterocycles. The Hall–Kier alpha value is -2.89. The van der Waals surface area contributed by atoms with Crippen LogP contribution in [-0.2, 0) is 0 Å². The molecule has 5 nitrogen and oxygen atoms in total. The zero-order valence-corrected chi connectivity index (χ0v) is 15.6. The van der Waals surface area contributed by atoms with Crippen LogP contribution in [0.5, 0.6) is 0 Å². The Bertz CT molecular complexity index is 1060. The maximum absolute atomic E-state index is 6.69. The van der Waals surface area contributed by atoms with Gasteiger partial charge in [0.05, 0.1) is 10.7 Å². The third-order valence-electron chi connectivity index (χ3n) is 4.35. The Morgan fingerprint density at radius 3 is 2.63 bits per heavy atom. The van der Waals surface area contributed by atoms with Gasteiger partial charge in [-0.25, -0.2) is 0 Å². The van der Waals surface area contributed by atoms with E-state index in [4.69, 9.17) is 21.8 Å². The van der Waals surface area contributed by atoms with Crippen LogP contribution >= 0.6 is 11.6 Å². The third kappa shape index (κ3) is 3.39. The van der Waals surface area contributed by atoms with Crippen molar-refractivity contribution in [1.29, 1.82) is 0 Å². The van der Waals surface area contributed by atoms with E-state index in [1.807, 2.05) is 61.5 Å². The fraction of sp³-hybridized carbons (Fsp3) is 0.143. The number of nitrogens with zero attached hydrogens (tertiary/aromatic N) is 2. The minimum atomic E-state index is 0.0343. The predicted octanol–water partition coefficient (Wildman–Crippen LogP) is 4.97. The molecule has 0 saturated carbocycles. The molecule has 2 aromatic heterocycles. The lowest BCUT2D eigenvalue weighted by Crippen LogP contribution is -2.25. The van der Waals surface area contributed by atoms with Gasteiger partial charge >= 0.3 is 0 Å². The lowest BCUT2D eigenvalue weighted by Gasteiger charge is -2.08. The molecule has 0 spiro atoms. The smallest absolute Gasteiger partial charge is 0.295 e. The number of nitrogens with two attached hydrogens (primary N) is 1. The van der Waals surface area contributed by atoms with Crippen molar-refractivity contribution >= 4 is 28.7 Å². The van der Waals surface area contributed by atoms with Gasteiger partial charge in [0.1, 0.15) is 5.52 Å². The maximum atomic E-state index is 6.69. The van der Waals surface area contributed by atoms with Crippen molar-refractivity contribution in [1.82, 2.24) is 9.97 Å². The van der Waals surface area contributed by atoms with Gasteiger partial charge < -0.3 is 15.5 Å². The summed E-state index contributed by atoms with van der Waals surface area (Å²) in [5.74, 6) is 0. The predicted molar refractivity (Wildman–Crippen MR) is 110 cm³/mol. The largest absolute Gasteiger partial charge is 0.423 e. The van der Waals surface area contributed by atoms with E-state index >= 15 is 0 Å². The monoisotopic (exact) mass is 378 g/mol. The number of benzene rings is 2. The Labute approximate surface area is 162 Å². The zero-order chi connectivity index (χ0) is 18.8. The van der Waals surface area contributed by atoms with E-state index < -0.39 is 0 Å². The van der Waals surface area contributed by atoms with Gasteiger partial charge in [-0.15, -0.1) is 0 Å². The second-order valence-corrected chi connectivity index (χ2v) is 6.75. The highest BCUT2D eigenvalue weighted by atomic mass is 35.5. The first-order valence-corrected chi connectivity index (χ1v) is 9.11. The van der Waals surface area contributed by atoms with Gasteiger partial charge in [-0.2, -0.15) is 4.98 Å². The van der Waals surface area contributed by atoms with Gasteiger partial charge in [0.25, 0.3) is 6.01 Å². The minimum Gasteiger partial charge on any atom is -0.423 e. The summed E-state index contributed by atoms with van der Waals surface area (Å²) in [6, 6.07) is 18.0. The van der Waals surface area contributed by atoms with Crippen LogP contribution in [0.4, 0.5) is 6.01 Å². The van der Waals surface area contributed by atoms with Crippen LogP contribution in [0, 0.1) is 0 Å². The summed E-state index contributed by atoms with van der Waals surface area (Å²) in [6.07, 6.45) is 1.74. The molecule has 2 aromatic carbocycles. The maximum Gasteiger partial charge on any atom is 0.295 e. The lowest BCUT2D eigenvalue weighted by atomic mass is 10.0. The summed E-state index contributed by atoms with van der Waals surface area (Å²) in [7, 11) is 0. The highest BCUT2D eigenvalue weighted by Crippen LogP contribution is 2.41. The summed E-state index contributed by atoms with van der Waals surface area (Å²) in [6.45, 7) is 2.44. The molecule has 0 amide bonds. The molecule has 0 aliphatic rings. The number of aromatic nitrogens is 2. The van der Waals surface area contributed by atoms with Crippen molar-refractivity contribution in [2.45, 2.75) is 13.0 Å². The molecule has 27 heavy (non-hydrogen) atoms. The molecule has 136 valence electrons. The van der Waals surface area contributed by atoms with Crippen LogP contribution in [0.15, 0.2) is 65.2 Å². The Morgan fingerprint density at radius 2 is 1.93 bits per heavy atom. The van der Waals surface area contributed by atoms with Crippen molar-refractivity contribution in [3.63, 3.8) is 0 Å². The summed E-state index contributed by atoms with van der Waals surface area (Å²) in [5, 5.41) is 3.79. The normalized spacial score (nSPS) is 12.3. The number of rotatable bonds is 5. The van der Waals surface area contributed by atoms with Gasteiger partial charge in [0.2, 0.25) is 0 Å². The highest BCUT2D eigenvalue weighted by Gasteiger charge is 2.20. The quantitative estimate of drug-likeness (QED) is 0.512. The fourth-order valence-electron chi connectivity index (χ4n) is 2.97. The summed E-state index contributed by atoms with van der Waals surface area (Å²) in [5.41, 5.74) is 10.4. The number of hydrogen-bond acceptors (Lipinski definition) is 5. The standard InChI is InChI=1S/C21H19ClN4O/c1-13(12-23)25-21-26-19-18(14-7-3-2-4-8-14)16(22)11-15(20(19)27-21)17-9-5-6-10-24-17/h2-11,13H,12,23H2,1H3,(H,25,26)/t13-/m0/s1. The molecule has 0 aliphatic carbocycles. The molecule has 0 bridgehead atoms. The van der Waals surface area contributed by atoms with E-state index in [-0.39, 0.29) is 6.04 Å². The summed E-state index contributed by atoms with van der Waals surface area (Å²) >= 11 is 6.69. The van der Waals surface area contributed by atoms with Crippen molar-refractivity contribution in [3.8, 4) is 22.4 Å². The van der Waals surface area contributed by atoms with Crippen LogP contribution in [0.3, 0.4) is 0 Å². The van der Waals surface area contributed by atoms with E-state index in [0.29, 0.717) is 28.7 Å². The zero-order valence-electron chi connectivity index (χ0n) is 14.8. The number of fused-ring (bicyclic) bond motifs is 1. The number of halogens is 1. The molecular weight excluding hydrogens is 360 g/mol. The molecule has 0 aliphatic heterocycles. The van der Waals surface area contributed by atoms with Gasteiger partial charge in [0.15, 0.2) is 5.58 Å². The number of hydrogen-bond donors (Lipinski definition) is 2. The Kier molecular flexibility index (Phi) is 4.79. The van der Waals surface area contributed by atoms with Crippen molar-refractivity contribution in [3.05, 3.63) is 65.8 Å². The minimum absolute atomic E-state index is 0.0343. The molecule has 2 heterocycles. The molecule has 4 rings (SSSR count). The van der Waals surface area contributed by atoms with Crippen LogP contribution in [0.25, 0.3) is 33.5 Å². The average molecular weight is 379 g/mol. The topological polar surface area (TPSA) is 77.0 Å². The number of oxazole rings is 1. The van der Waals surface area contributed by atoms with Gasteiger partial charge in [-0.1, -0.05) is 48.0 Å². The van der Waals surface area contributed by atoms with E-state index in [2.05, 4.69) is 15.3 Å². The second kappa shape index (κ2) is 7.39. The average Bonchev–Trinajstić information content (AvgIpc) is 3.11.